The molecule has 1 saturated carbocycles. The number of carbonyl (C=O) groups is 2. The first-order valence-corrected chi connectivity index (χ1v) is 8.77. The normalized spacial score (nSPS) is 14.7. The Morgan fingerprint density at radius 3 is 1.96 bits per heavy atom. The highest BCUT2D eigenvalue weighted by atomic mass is 19.1. The van der Waals surface area contributed by atoms with E-state index in [1.54, 1.807) is 31.2 Å². The molecule has 3 N–H and O–H groups in total. The highest BCUT2D eigenvalue weighted by molar-refractivity contribution is 6.16. The van der Waals surface area contributed by atoms with Crippen molar-refractivity contribution < 1.29 is 18.7 Å². The highest BCUT2D eigenvalue weighted by Crippen LogP contribution is 2.47. The first kappa shape index (κ1) is 19.3. The van der Waals surface area contributed by atoms with Crippen LogP contribution in [-0.2, 0) is 9.59 Å². The lowest BCUT2D eigenvalue weighted by Gasteiger charge is -2.16. The van der Waals surface area contributed by atoms with Crippen LogP contribution in [0.2, 0.25) is 0 Å². The summed E-state index contributed by atoms with van der Waals surface area (Å²) in [6.45, 7) is 1.73. The molecule has 0 bridgehead atoms. The van der Waals surface area contributed by atoms with E-state index >= 15 is 0 Å². The van der Waals surface area contributed by atoms with E-state index in [0.717, 1.165) is 6.21 Å². The fraction of sp³-hybridized carbons (Fsp3) is 0.190. The van der Waals surface area contributed by atoms with Crippen LogP contribution in [0, 0.1) is 16.6 Å². The summed E-state index contributed by atoms with van der Waals surface area (Å²) in [6.07, 6.45) is 3.57. The van der Waals surface area contributed by atoms with Crippen molar-refractivity contribution in [1.82, 2.24) is 0 Å². The molecule has 2 aromatic carbocycles. The lowest BCUT2D eigenvalue weighted by molar-refractivity contribution is -0.131. The van der Waals surface area contributed by atoms with Gasteiger partial charge in [0.15, 0.2) is 0 Å². The maximum Gasteiger partial charge on any atom is 0.240 e. The number of nitrogens with one attached hydrogen (secondary N) is 3. The average molecular weight is 381 g/mol. The highest BCUT2D eigenvalue weighted by Gasteiger charge is 2.56. The zero-order chi connectivity index (χ0) is 20.1. The first-order valence-electron chi connectivity index (χ1n) is 8.77. The van der Waals surface area contributed by atoms with Crippen molar-refractivity contribution in [3.05, 3.63) is 66.2 Å². The number of anilines is 2. The number of halogens is 1. The number of rotatable bonds is 7. The van der Waals surface area contributed by atoms with Crippen LogP contribution in [0.3, 0.4) is 0 Å². The number of benzene rings is 2. The Hall–Kier alpha value is -3.48. The fourth-order valence-corrected chi connectivity index (χ4v) is 2.66. The fourth-order valence-electron chi connectivity index (χ4n) is 2.66. The average Bonchev–Trinajstić information content (AvgIpc) is 3.47. The molecule has 0 aliphatic heterocycles. The molecule has 0 spiro atoms. The Labute approximate surface area is 161 Å². The van der Waals surface area contributed by atoms with Crippen LogP contribution in [-0.4, -0.2) is 18.0 Å². The van der Waals surface area contributed by atoms with Crippen molar-refractivity contribution in [3.63, 3.8) is 0 Å². The van der Waals surface area contributed by atoms with Gasteiger partial charge in [0, 0.05) is 17.6 Å². The van der Waals surface area contributed by atoms with E-state index in [9.17, 15) is 14.0 Å². The molecule has 3 rings (SSSR count). The molecule has 0 heterocycles. The second kappa shape index (κ2) is 8.04. The summed E-state index contributed by atoms with van der Waals surface area (Å²) >= 11 is 0. The van der Waals surface area contributed by atoms with E-state index in [2.05, 4.69) is 10.6 Å². The van der Waals surface area contributed by atoms with Gasteiger partial charge in [-0.2, -0.15) is 0 Å². The molecule has 0 aromatic heterocycles. The summed E-state index contributed by atoms with van der Waals surface area (Å²) in [6, 6.07) is 12.1. The lowest BCUT2D eigenvalue weighted by atomic mass is 10.0. The van der Waals surface area contributed by atoms with E-state index in [4.69, 9.17) is 10.1 Å². The Kier molecular flexibility index (Phi) is 5.54. The molecule has 2 amide bonds. The number of amides is 2. The number of hydrogen-bond donors (Lipinski definition) is 3. The van der Waals surface area contributed by atoms with Gasteiger partial charge in [-0.1, -0.05) is 0 Å². The van der Waals surface area contributed by atoms with Gasteiger partial charge in [0.05, 0.1) is 0 Å². The summed E-state index contributed by atoms with van der Waals surface area (Å²) in [4.78, 5) is 25.2. The first-order chi connectivity index (χ1) is 13.4. The van der Waals surface area contributed by atoms with E-state index in [1.807, 2.05) is 0 Å². The minimum absolute atomic E-state index is 0.374. The topological polar surface area (TPSA) is 91.3 Å². The number of hydrogen-bond acceptors (Lipinski definition) is 4. The van der Waals surface area contributed by atoms with Crippen LogP contribution < -0.4 is 15.4 Å². The van der Waals surface area contributed by atoms with Crippen LogP contribution in [0.25, 0.3) is 0 Å². The maximum atomic E-state index is 13.0. The molecule has 6 nitrogen and oxygen atoms in total. The molecule has 2 aromatic rings. The van der Waals surface area contributed by atoms with Crippen molar-refractivity contribution in [2.24, 2.45) is 5.41 Å². The number of ether oxygens (including phenoxy) is 1. The lowest BCUT2D eigenvalue weighted by Crippen LogP contribution is -2.35. The molecule has 28 heavy (non-hydrogen) atoms. The summed E-state index contributed by atoms with van der Waals surface area (Å²) in [5, 5.41) is 12.4. The van der Waals surface area contributed by atoms with Gasteiger partial charge in [-0.3, -0.25) is 9.59 Å². The van der Waals surface area contributed by atoms with Gasteiger partial charge in [0.25, 0.3) is 0 Å². The van der Waals surface area contributed by atoms with Crippen LogP contribution in [0.5, 0.6) is 5.75 Å². The van der Waals surface area contributed by atoms with Crippen molar-refractivity contribution in [2.75, 3.05) is 10.6 Å². The molecule has 7 heteroatoms. The van der Waals surface area contributed by atoms with Gasteiger partial charge in [0.1, 0.15) is 22.7 Å². The van der Waals surface area contributed by atoms with Crippen molar-refractivity contribution in [1.29, 1.82) is 5.41 Å². The van der Waals surface area contributed by atoms with Gasteiger partial charge in [0.2, 0.25) is 11.8 Å². The molecule has 0 radical (unpaired) electrons. The standard InChI is InChI=1S/C21H20FN3O3/c1-14(10-13-23)28-18-8-6-17(7-9-18)25-20(27)21(11-12-21)19(26)24-16-4-2-15(22)3-5-16/h2-10,13,23H,11-12H2,1H3,(H,24,26)(H,25,27)/b14-10+,23-13?. The zero-order valence-corrected chi connectivity index (χ0v) is 15.3. The van der Waals surface area contributed by atoms with Crippen molar-refractivity contribution in [3.8, 4) is 5.75 Å². The van der Waals surface area contributed by atoms with Gasteiger partial charge in [-0.05, 0) is 74.4 Å². The molecule has 1 fully saturated rings. The van der Waals surface area contributed by atoms with Crippen molar-refractivity contribution in [2.45, 2.75) is 19.8 Å². The van der Waals surface area contributed by atoms with Gasteiger partial charge >= 0.3 is 0 Å². The Bertz CT molecular complexity index is 917. The minimum atomic E-state index is -1.10. The largest absolute Gasteiger partial charge is 0.462 e. The molecule has 0 atom stereocenters. The summed E-state index contributed by atoms with van der Waals surface area (Å²) in [5.41, 5.74) is -0.112. The third kappa shape index (κ3) is 4.43. The molecular formula is C21H20FN3O3. The van der Waals surface area contributed by atoms with Gasteiger partial charge in [-0.25, -0.2) is 4.39 Å². The van der Waals surface area contributed by atoms with Crippen LogP contribution in [0.4, 0.5) is 15.8 Å². The molecule has 0 unspecified atom stereocenters. The Morgan fingerprint density at radius 1 is 1.00 bits per heavy atom. The van der Waals surface area contributed by atoms with Crippen LogP contribution >= 0.6 is 0 Å². The molecular weight excluding hydrogens is 361 g/mol. The van der Waals surface area contributed by atoms with E-state index < -0.39 is 17.1 Å². The quantitative estimate of drug-likeness (QED) is 0.383. The van der Waals surface area contributed by atoms with Crippen molar-refractivity contribution >= 4 is 29.4 Å². The third-order valence-corrected chi connectivity index (χ3v) is 4.43. The predicted octanol–water partition coefficient (Wildman–Crippen LogP) is 4.12. The minimum Gasteiger partial charge on any atom is -0.462 e. The number of allylic oxidation sites excluding steroid dienone is 2. The second-order valence-corrected chi connectivity index (χ2v) is 6.57. The molecule has 144 valence electrons. The van der Waals surface area contributed by atoms with Gasteiger partial charge in [-0.15, -0.1) is 0 Å². The number of carbonyl (C=O) groups excluding carboxylic acids is 2. The zero-order valence-electron chi connectivity index (χ0n) is 15.3. The van der Waals surface area contributed by atoms with Crippen LogP contribution in [0.15, 0.2) is 60.4 Å². The summed E-state index contributed by atoms with van der Waals surface area (Å²) in [7, 11) is 0. The maximum absolute atomic E-state index is 13.0. The molecule has 0 saturated heterocycles. The Balaban J connectivity index is 1.62. The third-order valence-electron chi connectivity index (χ3n) is 4.43. The Morgan fingerprint density at radius 2 is 1.50 bits per heavy atom. The van der Waals surface area contributed by atoms with E-state index in [0.29, 0.717) is 35.7 Å². The van der Waals surface area contributed by atoms with E-state index in [-0.39, 0.29) is 5.91 Å². The molecule has 1 aliphatic rings. The van der Waals surface area contributed by atoms with E-state index in [1.165, 1.54) is 30.3 Å². The monoisotopic (exact) mass is 381 g/mol. The SMILES string of the molecule is C/C(=C\C=N)Oc1ccc(NC(=O)C2(C(=O)Nc3ccc(F)cc3)CC2)cc1. The van der Waals surface area contributed by atoms with Crippen LogP contribution in [0.1, 0.15) is 19.8 Å². The predicted molar refractivity (Wildman–Crippen MR) is 105 cm³/mol. The smallest absolute Gasteiger partial charge is 0.240 e. The van der Waals surface area contributed by atoms with Gasteiger partial charge < -0.3 is 20.8 Å². The second-order valence-electron chi connectivity index (χ2n) is 6.57. The summed E-state index contributed by atoms with van der Waals surface area (Å²) < 4.78 is 18.5. The summed E-state index contributed by atoms with van der Waals surface area (Å²) in [5.74, 6) is -0.0255. The molecule has 1 aliphatic carbocycles.